The van der Waals surface area contributed by atoms with Crippen LogP contribution in [0.2, 0.25) is 0 Å². The third kappa shape index (κ3) is 4.56. The van der Waals surface area contributed by atoms with Gasteiger partial charge in [0.15, 0.2) is 0 Å². The van der Waals surface area contributed by atoms with E-state index in [4.69, 9.17) is 0 Å². The molecular formula is C16H23N3O2. The van der Waals surface area contributed by atoms with Gasteiger partial charge in [-0.2, -0.15) is 0 Å². The van der Waals surface area contributed by atoms with Gasteiger partial charge in [0.05, 0.1) is 12.6 Å². The van der Waals surface area contributed by atoms with E-state index in [-0.39, 0.29) is 30.4 Å². The minimum absolute atomic E-state index is 0.00173. The highest BCUT2D eigenvalue weighted by Crippen LogP contribution is 2.21. The lowest BCUT2D eigenvalue weighted by Crippen LogP contribution is -2.58. The van der Waals surface area contributed by atoms with Crippen molar-refractivity contribution < 1.29 is 9.59 Å². The Morgan fingerprint density at radius 3 is 2.62 bits per heavy atom. The third-order valence-corrected chi connectivity index (χ3v) is 3.55. The maximum atomic E-state index is 12.3. The molecule has 0 aromatic heterocycles. The zero-order valence-electron chi connectivity index (χ0n) is 12.6. The number of piperazine rings is 1. The van der Waals surface area contributed by atoms with Crippen molar-refractivity contribution in [2.24, 2.45) is 5.92 Å². The molecule has 1 fully saturated rings. The molecule has 1 aliphatic rings. The Balaban J connectivity index is 2.01. The monoisotopic (exact) mass is 289 g/mol. The molecule has 2 unspecified atom stereocenters. The molecule has 2 rings (SSSR count). The first-order chi connectivity index (χ1) is 10.1. The van der Waals surface area contributed by atoms with Crippen molar-refractivity contribution in [3.63, 3.8) is 0 Å². The van der Waals surface area contributed by atoms with Crippen molar-refractivity contribution in [1.29, 1.82) is 0 Å². The summed E-state index contributed by atoms with van der Waals surface area (Å²) in [6.45, 7) is 4.81. The number of hydrogen-bond donors (Lipinski definition) is 3. The number of benzene rings is 1. The van der Waals surface area contributed by atoms with Crippen LogP contribution in [0.25, 0.3) is 0 Å². The van der Waals surface area contributed by atoms with Gasteiger partial charge in [-0.05, 0) is 17.9 Å². The highest BCUT2D eigenvalue weighted by Gasteiger charge is 2.26. The molecule has 0 spiro atoms. The minimum atomic E-state index is -0.360. The van der Waals surface area contributed by atoms with Crippen LogP contribution in [0.15, 0.2) is 30.3 Å². The van der Waals surface area contributed by atoms with E-state index in [1.54, 1.807) is 0 Å². The second kappa shape index (κ2) is 7.22. The Labute approximate surface area is 125 Å². The van der Waals surface area contributed by atoms with E-state index in [2.05, 4.69) is 29.8 Å². The van der Waals surface area contributed by atoms with Gasteiger partial charge in [0.25, 0.3) is 0 Å². The Hall–Kier alpha value is -1.88. The van der Waals surface area contributed by atoms with Crippen LogP contribution in [0.1, 0.15) is 31.9 Å². The highest BCUT2D eigenvalue weighted by atomic mass is 16.2. The SMILES string of the molecule is CC(C)CC(NC(=O)C1CNC(=O)CN1)c1ccccc1. The number of nitrogens with one attached hydrogen (secondary N) is 3. The molecule has 3 N–H and O–H groups in total. The van der Waals surface area contributed by atoms with Crippen LogP contribution in [0.4, 0.5) is 0 Å². The van der Waals surface area contributed by atoms with Crippen molar-refractivity contribution in [2.75, 3.05) is 13.1 Å². The van der Waals surface area contributed by atoms with E-state index in [0.717, 1.165) is 12.0 Å². The number of hydrogen-bond acceptors (Lipinski definition) is 3. The molecule has 0 radical (unpaired) electrons. The Morgan fingerprint density at radius 1 is 1.33 bits per heavy atom. The van der Waals surface area contributed by atoms with Gasteiger partial charge in [0.1, 0.15) is 6.04 Å². The van der Waals surface area contributed by atoms with E-state index in [1.807, 2.05) is 30.3 Å². The van der Waals surface area contributed by atoms with Crippen molar-refractivity contribution >= 4 is 11.8 Å². The van der Waals surface area contributed by atoms with Gasteiger partial charge in [-0.25, -0.2) is 0 Å². The molecule has 2 amide bonds. The predicted molar refractivity (Wildman–Crippen MR) is 81.6 cm³/mol. The molecule has 114 valence electrons. The quantitative estimate of drug-likeness (QED) is 0.757. The molecule has 2 atom stereocenters. The molecule has 0 saturated carbocycles. The molecule has 1 aromatic rings. The predicted octanol–water partition coefficient (Wildman–Crippen LogP) is 0.978. The largest absolute Gasteiger partial charge is 0.353 e. The Kier molecular flexibility index (Phi) is 5.33. The van der Waals surface area contributed by atoms with Gasteiger partial charge in [0.2, 0.25) is 11.8 Å². The lowest BCUT2D eigenvalue weighted by Gasteiger charge is -2.27. The summed E-state index contributed by atoms with van der Waals surface area (Å²) in [5.41, 5.74) is 1.11. The molecule has 21 heavy (non-hydrogen) atoms. The summed E-state index contributed by atoms with van der Waals surface area (Å²) in [6, 6.07) is 9.63. The van der Waals surface area contributed by atoms with E-state index in [0.29, 0.717) is 12.5 Å². The normalized spacial score (nSPS) is 20.0. The van der Waals surface area contributed by atoms with Crippen molar-refractivity contribution in [1.82, 2.24) is 16.0 Å². The number of carbonyl (C=O) groups is 2. The summed E-state index contributed by atoms with van der Waals surface area (Å²) in [5.74, 6) is 0.347. The molecule has 1 aromatic carbocycles. The van der Waals surface area contributed by atoms with Gasteiger partial charge in [-0.15, -0.1) is 0 Å². The number of rotatable bonds is 5. The lowest BCUT2D eigenvalue weighted by atomic mass is 9.96. The van der Waals surface area contributed by atoms with Crippen molar-refractivity contribution in [2.45, 2.75) is 32.4 Å². The first-order valence-electron chi connectivity index (χ1n) is 7.41. The summed E-state index contributed by atoms with van der Waals surface area (Å²) in [7, 11) is 0. The Bertz CT molecular complexity index is 478. The van der Waals surface area contributed by atoms with Crippen LogP contribution in [-0.2, 0) is 9.59 Å². The maximum absolute atomic E-state index is 12.3. The third-order valence-electron chi connectivity index (χ3n) is 3.55. The molecule has 0 aliphatic carbocycles. The van der Waals surface area contributed by atoms with Crippen LogP contribution in [0, 0.1) is 5.92 Å². The molecule has 1 aliphatic heterocycles. The zero-order valence-corrected chi connectivity index (χ0v) is 12.6. The van der Waals surface area contributed by atoms with Crippen LogP contribution >= 0.6 is 0 Å². The molecular weight excluding hydrogens is 266 g/mol. The maximum Gasteiger partial charge on any atom is 0.239 e. The van der Waals surface area contributed by atoms with Crippen LogP contribution < -0.4 is 16.0 Å². The summed E-state index contributed by atoms with van der Waals surface area (Å²) < 4.78 is 0. The van der Waals surface area contributed by atoms with Crippen LogP contribution in [0.3, 0.4) is 0 Å². The number of carbonyl (C=O) groups excluding carboxylic acids is 2. The van der Waals surface area contributed by atoms with E-state index in [1.165, 1.54) is 0 Å². The average Bonchev–Trinajstić information content (AvgIpc) is 2.47. The van der Waals surface area contributed by atoms with Crippen LogP contribution in [0.5, 0.6) is 0 Å². The minimum Gasteiger partial charge on any atom is -0.353 e. The zero-order chi connectivity index (χ0) is 15.2. The highest BCUT2D eigenvalue weighted by molar-refractivity contribution is 5.87. The fourth-order valence-electron chi connectivity index (χ4n) is 2.46. The van der Waals surface area contributed by atoms with Gasteiger partial charge >= 0.3 is 0 Å². The Morgan fingerprint density at radius 2 is 2.05 bits per heavy atom. The average molecular weight is 289 g/mol. The first kappa shape index (κ1) is 15.5. The van der Waals surface area contributed by atoms with Gasteiger partial charge < -0.3 is 10.6 Å². The van der Waals surface area contributed by atoms with Gasteiger partial charge in [0, 0.05) is 6.54 Å². The van der Waals surface area contributed by atoms with E-state index >= 15 is 0 Å². The summed E-state index contributed by atoms with van der Waals surface area (Å²) in [6.07, 6.45) is 0.884. The number of amides is 2. The lowest BCUT2D eigenvalue weighted by molar-refractivity contribution is -0.127. The standard InChI is InChI=1S/C16H23N3O2/c1-11(2)8-13(12-6-4-3-5-7-12)19-16(21)14-9-18-15(20)10-17-14/h3-7,11,13-14,17H,8-10H2,1-2H3,(H,18,20)(H,19,21). The fraction of sp³-hybridized carbons (Fsp3) is 0.500. The molecule has 1 saturated heterocycles. The van der Waals surface area contributed by atoms with E-state index < -0.39 is 0 Å². The van der Waals surface area contributed by atoms with E-state index in [9.17, 15) is 9.59 Å². The molecule has 1 heterocycles. The van der Waals surface area contributed by atoms with Gasteiger partial charge in [-0.3, -0.25) is 14.9 Å². The fourth-order valence-corrected chi connectivity index (χ4v) is 2.46. The van der Waals surface area contributed by atoms with Gasteiger partial charge in [-0.1, -0.05) is 44.2 Å². The first-order valence-corrected chi connectivity index (χ1v) is 7.41. The smallest absolute Gasteiger partial charge is 0.239 e. The summed E-state index contributed by atoms with van der Waals surface area (Å²) >= 11 is 0. The second-order valence-electron chi connectivity index (χ2n) is 5.84. The summed E-state index contributed by atoms with van der Waals surface area (Å²) in [5, 5.41) is 8.76. The van der Waals surface area contributed by atoms with Crippen molar-refractivity contribution in [3.05, 3.63) is 35.9 Å². The molecule has 0 bridgehead atoms. The second-order valence-corrected chi connectivity index (χ2v) is 5.84. The van der Waals surface area contributed by atoms with Crippen LogP contribution in [-0.4, -0.2) is 30.9 Å². The molecule has 5 heteroatoms. The topological polar surface area (TPSA) is 70.2 Å². The molecule has 5 nitrogen and oxygen atoms in total. The summed E-state index contributed by atoms with van der Waals surface area (Å²) in [4.78, 5) is 23.5. The van der Waals surface area contributed by atoms with Crippen molar-refractivity contribution in [3.8, 4) is 0 Å².